The summed E-state index contributed by atoms with van der Waals surface area (Å²) in [5.41, 5.74) is 2.69. The van der Waals surface area contributed by atoms with Gasteiger partial charge in [0.25, 0.3) is 5.78 Å². The molecule has 44 heavy (non-hydrogen) atoms. The third-order valence-corrected chi connectivity index (χ3v) is 9.37. The minimum absolute atomic E-state index is 0.0709. The molecule has 1 atom stereocenters. The standard InChI is InChI=1S/C32H27Cl2N3O5S2/c1-4-14-42-24-13-11-20(15-25(24)41-5-2)27-26(28(38)19-8-6-18(3)7-9-19)29(39)30(40)37(27)31-35-36-32(44-31)43-17-21-10-12-22(33)16-23(21)34/h4,6-13,15-16,27,38H,1,5,14,17H2,2-3H3. The molecule has 1 saturated heterocycles. The number of thioether (sulfide) groups is 1. The zero-order valence-electron chi connectivity index (χ0n) is 23.8. The highest BCUT2D eigenvalue weighted by Crippen LogP contribution is 2.46. The van der Waals surface area contributed by atoms with E-state index in [2.05, 4.69) is 16.8 Å². The van der Waals surface area contributed by atoms with Crippen molar-refractivity contribution in [1.82, 2.24) is 10.2 Å². The van der Waals surface area contributed by atoms with E-state index in [1.165, 1.54) is 16.7 Å². The number of nitrogens with zero attached hydrogens (tertiary/aromatic N) is 3. The molecule has 0 saturated carbocycles. The van der Waals surface area contributed by atoms with Crippen molar-refractivity contribution >= 4 is 68.9 Å². The number of carbonyl (C=O) groups excluding carboxylic acids is 2. The molecule has 0 aliphatic carbocycles. The van der Waals surface area contributed by atoms with Gasteiger partial charge in [-0.25, -0.2) is 0 Å². The van der Waals surface area contributed by atoms with Crippen molar-refractivity contribution in [3.8, 4) is 11.5 Å². The van der Waals surface area contributed by atoms with Crippen LogP contribution in [0.5, 0.6) is 11.5 Å². The van der Waals surface area contributed by atoms with E-state index < -0.39 is 17.7 Å². The van der Waals surface area contributed by atoms with E-state index >= 15 is 0 Å². The summed E-state index contributed by atoms with van der Waals surface area (Å²) in [6.07, 6.45) is 1.62. The highest BCUT2D eigenvalue weighted by Gasteiger charge is 2.48. The van der Waals surface area contributed by atoms with Gasteiger partial charge in [-0.1, -0.05) is 101 Å². The highest BCUT2D eigenvalue weighted by atomic mass is 35.5. The number of aliphatic hydroxyl groups is 1. The molecule has 0 bridgehead atoms. The molecule has 5 rings (SSSR count). The SMILES string of the molecule is C=CCOc1ccc(C2C(=C(O)c3ccc(C)cc3)C(=O)C(=O)N2c2nnc(SCc3ccc(Cl)cc3Cl)s2)cc1OCC. The van der Waals surface area contributed by atoms with Gasteiger partial charge in [0.05, 0.1) is 18.2 Å². The number of hydrogen-bond acceptors (Lipinski definition) is 9. The van der Waals surface area contributed by atoms with Crippen molar-refractivity contribution in [3.05, 3.63) is 111 Å². The molecule has 0 radical (unpaired) electrons. The number of aromatic nitrogens is 2. The Labute approximate surface area is 272 Å². The monoisotopic (exact) mass is 667 g/mol. The largest absolute Gasteiger partial charge is 0.507 e. The first-order chi connectivity index (χ1) is 21.2. The molecular weight excluding hydrogens is 641 g/mol. The number of anilines is 1. The molecule has 226 valence electrons. The predicted molar refractivity (Wildman–Crippen MR) is 175 cm³/mol. The van der Waals surface area contributed by atoms with E-state index in [0.29, 0.717) is 49.4 Å². The minimum Gasteiger partial charge on any atom is -0.507 e. The van der Waals surface area contributed by atoms with E-state index in [4.69, 9.17) is 32.7 Å². The lowest BCUT2D eigenvalue weighted by atomic mass is 9.95. The number of Topliss-reactive ketones (excluding diaryl/α,β-unsaturated/α-hetero) is 1. The van der Waals surface area contributed by atoms with Crippen molar-refractivity contribution in [3.63, 3.8) is 0 Å². The highest BCUT2D eigenvalue weighted by molar-refractivity contribution is 8.00. The Morgan fingerprint density at radius 2 is 1.84 bits per heavy atom. The fraction of sp³-hybridized carbons (Fsp3) is 0.188. The zero-order valence-corrected chi connectivity index (χ0v) is 26.9. The van der Waals surface area contributed by atoms with Gasteiger partial charge < -0.3 is 14.6 Å². The van der Waals surface area contributed by atoms with E-state index in [9.17, 15) is 14.7 Å². The number of halogens is 2. The Hall–Kier alpha value is -3.83. The Balaban J connectivity index is 1.57. The average Bonchev–Trinajstić information content (AvgIpc) is 3.58. The van der Waals surface area contributed by atoms with E-state index in [1.807, 2.05) is 32.0 Å². The topological polar surface area (TPSA) is 102 Å². The summed E-state index contributed by atoms with van der Waals surface area (Å²) in [5, 5.41) is 21.3. The fourth-order valence-corrected chi connectivity index (χ4v) is 7.01. The second kappa shape index (κ2) is 13.9. The lowest BCUT2D eigenvalue weighted by Gasteiger charge is -2.23. The summed E-state index contributed by atoms with van der Waals surface area (Å²) in [6, 6.07) is 16.4. The second-order valence-electron chi connectivity index (χ2n) is 9.65. The number of hydrogen-bond donors (Lipinski definition) is 1. The van der Waals surface area contributed by atoms with Crippen LogP contribution < -0.4 is 14.4 Å². The first kappa shape index (κ1) is 31.6. The van der Waals surface area contributed by atoms with Crippen molar-refractivity contribution in [2.45, 2.75) is 30.0 Å². The van der Waals surface area contributed by atoms with Crippen molar-refractivity contribution in [2.75, 3.05) is 18.1 Å². The predicted octanol–water partition coefficient (Wildman–Crippen LogP) is 8.04. The van der Waals surface area contributed by atoms with Gasteiger partial charge in [0, 0.05) is 21.4 Å². The molecule has 8 nitrogen and oxygen atoms in total. The van der Waals surface area contributed by atoms with Crippen LogP contribution in [0.1, 0.15) is 35.2 Å². The number of ketones is 1. The van der Waals surface area contributed by atoms with Gasteiger partial charge in [-0.3, -0.25) is 14.5 Å². The van der Waals surface area contributed by atoms with E-state index in [0.717, 1.165) is 22.5 Å². The molecule has 2 heterocycles. The molecule has 1 aromatic heterocycles. The number of aryl methyl sites for hydroxylation is 1. The summed E-state index contributed by atoms with van der Waals surface area (Å²) < 4.78 is 12.2. The van der Waals surface area contributed by atoms with Crippen molar-refractivity contribution < 1.29 is 24.2 Å². The Bertz CT molecular complexity index is 1760. The third-order valence-electron chi connectivity index (χ3n) is 6.68. The molecule has 0 spiro atoms. The normalized spacial score (nSPS) is 15.9. The van der Waals surface area contributed by atoms with Crippen LogP contribution in [-0.4, -0.2) is 40.2 Å². The second-order valence-corrected chi connectivity index (χ2v) is 12.7. The van der Waals surface area contributed by atoms with Crippen LogP contribution in [0.4, 0.5) is 5.13 Å². The van der Waals surface area contributed by atoms with E-state index in [-0.39, 0.29) is 23.1 Å². The lowest BCUT2D eigenvalue weighted by Crippen LogP contribution is -2.29. The molecule has 1 fully saturated rings. The van der Waals surface area contributed by atoms with Gasteiger partial charge in [-0.15, -0.1) is 10.2 Å². The van der Waals surface area contributed by atoms with Gasteiger partial charge in [0.15, 0.2) is 15.8 Å². The molecule has 1 aliphatic rings. The zero-order chi connectivity index (χ0) is 31.4. The van der Waals surface area contributed by atoms with Crippen LogP contribution in [0.3, 0.4) is 0 Å². The van der Waals surface area contributed by atoms with Crippen molar-refractivity contribution in [2.24, 2.45) is 0 Å². The molecule has 1 amide bonds. The van der Waals surface area contributed by atoms with Gasteiger partial charge in [-0.05, 0) is 49.2 Å². The first-order valence-corrected chi connectivity index (χ1v) is 16.1. The number of ether oxygens (including phenoxy) is 2. The van der Waals surface area contributed by atoms with Gasteiger partial charge in [0.1, 0.15) is 12.4 Å². The summed E-state index contributed by atoms with van der Waals surface area (Å²) in [5.74, 6) is -0.582. The van der Waals surface area contributed by atoms with Crippen LogP contribution >= 0.6 is 46.3 Å². The maximum absolute atomic E-state index is 13.6. The molecule has 3 aromatic carbocycles. The third kappa shape index (κ3) is 6.63. The van der Waals surface area contributed by atoms with Crippen LogP contribution in [0.25, 0.3) is 5.76 Å². The Morgan fingerprint density at radius 3 is 2.55 bits per heavy atom. The quantitative estimate of drug-likeness (QED) is 0.0428. The number of benzene rings is 3. The number of rotatable bonds is 11. The smallest absolute Gasteiger partial charge is 0.301 e. The number of carbonyl (C=O) groups is 2. The Morgan fingerprint density at radius 1 is 1.07 bits per heavy atom. The van der Waals surface area contributed by atoms with Crippen LogP contribution in [0.2, 0.25) is 10.0 Å². The molecule has 1 unspecified atom stereocenters. The molecule has 12 heteroatoms. The summed E-state index contributed by atoms with van der Waals surface area (Å²) in [6.45, 7) is 8.06. The number of aliphatic hydroxyl groups excluding tert-OH is 1. The molecule has 1 N–H and O–H groups in total. The number of amides is 1. The average molecular weight is 669 g/mol. The molecule has 4 aromatic rings. The lowest BCUT2D eigenvalue weighted by molar-refractivity contribution is -0.132. The van der Waals surface area contributed by atoms with Crippen molar-refractivity contribution in [1.29, 1.82) is 0 Å². The maximum atomic E-state index is 13.6. The van der Waals surface area contributed by atoms with Gasteiger partial charge >= 0.3 is 5.91 Å². The molecular formula is C32H27Cl2N3O5S2. The summed E-state index contributed by atoms with van der Waals surface area (Å²) >= 11 is 14.9. The summed E-state index contributed by atoms with van der Waals surface area (Å²) in [7, 11) is 0. The van der Waals surface area contributed by atoms with Crippen LogP contribution in [0.15, 0.2) is 83.2 Å². The molecule has 1 aliphatic heterocycles. The van der Waals surface area contributed by atoms with E-state index in [1.54, 1.807) is 48.5 Å². The maximum Gasteiger partial charge on any atom is 0.301 e. The van der Waals surface area contributed by atoms with Gasteiger partial charge in [-0.2, -0.15) is 0 Å². The van der Waals surface area contributed by atoms with Gasteiger partial charge in [0.2, 0.25) is 5.13 Å². The first-order valence-electron chi connectivity index (χ1n) is 13.5. The van der Waals surface area contributed by atoms with Crippen LogP contribution in [-0.2, 0) is 15.3 Å². The minimum atomic E-state index is -1.01. The fourth-order valence-electron chi connectivity index (χ4n) is 4.58. The van der Waals surface area contributed by atoms with Crippen LogP contribution in [0, 0.1) is 6.92 Å². The Kier molecular flexibility index (Phi) is 9.95. The summed E-state index contributed by atoms with van der Waals surface area (Å²) in [4.78, 5) is 28.5.